The minimum Gasteiger partial charge on any atom is -0.478 e. The van der Waals surface area contributed by atoms with E-state index in [1.807, 2.05) is 0 Å². The second-order valence-corrected chi connectivity index (χ2v) is 6.92. The molecule has 5 N–H and O–H groups in total. The van der Waals surface area contributed by atoms with E-state index in [-0.39, 0.29) is 17.3 Å². The molecule has 0 aliphatic rings. The maximum Gasteiger partial charge on any atom is 0.336 e. The Labute approximate surface area is 177 Å². The SMILES string of the molecule is N=C(N)c1ccc(NC(=O)c2cc3ccncc3cc2-c2ccccc2C(=O)O)cc1. The molecule has 1 amide bonds. The average Bonchev–Trinajstić information content (AvgIpc) is 2.78. The van der Waals surface area contributed by atoms with Gasteiger partial charge in [0, 0.05) is 34.6 Å². The normalized spacial score (nSPS) is 10.6. The van der Waals surface area contributed by atoms with Crippen LogP contribution in [0.2, 0.25) is 0 Å². The van der Waals surface area contributed by atoms with Gasteiger partial charge in [0.25, 0.3) is 5.91 Å². The van der Waals surface area contributed by atoms with E-state index in [2.05, 4.69) is 10.3 Å². The fourth-order valence-corrected chi connectivity index (χ4v) is 3.38. The number of amidine groups is 1. The van der Waals surface area contributed by atoms with Crippen molar-refractivity contribution >= 4 is 34.2 Å². The molecule has 4 rings (SSSR count). The molecule has 0 unspecified atom stereocenters. The lowest BCUT2D eigenvalue weighted by Crippen LogP contribution is -2.15. The van der Waals surface area contributed by atoms with Gasteiger partial charge in [-0.25, -0.2) is 4.79 Å². The molecule has 3 aromatic carbocycles. The minimum absolute atomic E-state index is 0.0615. The number of amides is 1. The molecule has 31 heavy (non-hydrogen) atoms. The van der Waals surface area contributed by atoms with Gasteiger partial charge in [-0.3, -0.25) is 15.2 Å². The summed E-state index contributed by atoms with van der Waals surface area (Å²) in [5.41, 5.74) is 7.93. The van der Waals surface area contributed by atoms with Crippen molar-refractivity contribution in [3.05, 3.63) is 95.8 Å². The third kappa shape index (κ3) is 3.97. The maximum absolute atomic E-state index is 13.2. The predicted molar refractivity (Wildman–Crippen MR) is 120 cm³/mol. The van der Waals surface area contributed by atoms with Gasteiger partial charge in [-0.05, 0) is 65.0 Å². The summed E-state index contributed by atoms with van der Waals surface area (Å²) in [6, 6.07) is 18.5. The summed E-state index contributed by atoms with van der Waals surface area (Å²) in [6.07, 6.45) is 3.31. The second-order valence-electron chi connectivity index (χ2n) is 6.92. The Kier molecular flexibility index (Phi) is 5.15. The molecule has 152 valence electrons. The smallest absolute Gasteiger partial charge is 0.336 e. The second kappa shape index (κ2) is 8.08. The summed E-state index contributed by atoms with van der Waals surface area (Å²) in [7, 11) is 0. The average molecular weight is 410 g/mol. The number of nitrogens with two attached hydrogens (primary N) is 1. The first-order valence-electron chi connectivity index (χ1n) is 9.40. The standard InChI is InChI=1S/C24H18N4O3/c25-22(26)14-5-7-17(8-6-14)28-23(29)21-11-15-9-10-27-13-16(15)12-20(21)18-3-1-2-4-19(18)24(30)31/h1-13H,(H3,25,26)(H,28,29)(H,30,31). The van der Waals surface area contributed by atoms with Gasteiger partial charge in [0.1, 0.15) is 5.84 Å². The summed E-state index contributed by atoms with van der Waals surface area (Å²) in [6.45, 7) is 0. The molecule has 0 radical (unpaired) electrons. The lowest BCUT2D eigenvalue weighted by molar-refractivity contribution is 0.0697. The Morgan fingerprint density at radius 2 is 1.65 bits per heavy atom. The van der Waals surface area contributed by atoms with E-state index in [4.69, 9.17) is 11.1 Å². The summed E-state index contributed by atoms with van der Waals surface area (Å²) in [5, 5.41) is 21.5. The van der Waals surface area contributed by atoms with Crippen LogP contribution in [0, 0.1) is 5.41 Å². The Hall–Kier alpha value is -4.52. The zero-order chi connectivity index (χ0) is 22.0. The van der Waals surface area contributed by atoms with Crippen molar-refractivity contribution in [3.8, 4) is 11.1 Å². The number of nitrogens with one attached hydrogen (secondary N) is 2. The molecular formula is C24H18N4O3. The third-order valence-electron chi connectivity index (χ3n) is 4.92. The molecule has 0 fully saturated rings. The molecule has 0 saturated heterocycles. The van der Waals surface area contributed by atoms with Crippen molar-refractivity contribution in [2.24, 2.45) is 5.73 Å². The maximum atomic E-state index is 13.2. The number of aromatic carboxylic acids is 1. The van der Waals surface area contributed by atoms with Gasteiger partial charge >= 0.3 is 5.97 Å². The number of fused-ring (bicyclic) bond motifs is 1. The van der Waals surface area contributed by atoms with Crippen molar-refractivity contribution in [1.29, 1.82) is 5.41 Å². The van der Waals surface area contributed by atoms with Crippen LogP contribution in [0.25, 0.3) is 21.9 Å². The van der Waals surface area contributed by atoms with Gasteiger partial charge in [-0.15, -0.1) is 0 Å². The quantitative estimate of drug-likeness (QED) is 0.290. The molecule has 1 heterocycles. The van der Waals surface area contributed by atoms with Crippen LogP contribution in [0.4, 0.5) is 5.69 Å². The van der Waals surface area contributed by atoms with Crippen molar-refractivity contribution < 1.29 is 14.7 Å². The number of hydrogen-bond donors (Lipinski definition) is 4. The molecule has 4 aromatic rings. The van der Waals surface area contributed by atoms with Crippen LogP contribution in [0.15, 0.2) is 79.1 Å². The van der Waals surface area contributed by atoms with E-state index in [0.29, 0.717) is 27.9 Å². The summed E-state index contributed by atoms with van der Waals surface area (Å²) < 4.78 is 0. The number of pyridine rings is 1. The largest absolute Gasteiger partial charge is 0.478 e. The first kappa shape index (κ1) is 19.8. The summed E-state index contributed by atoms with van der Waals surface area (Å²) in [5.74, 6) is -1.52. The molecule has 0 aliphatic carbocycles. The zero-order valence-electron chi connectivity index (χ0n) is 16.3. The summed E-state index contributed by atoms with van der Waals surface area (Å²) >= 11 is 0. The highest BCUT2D eigenvalue weighted by molar-refractivity contribution is 6.13. The predicted octanol–water partition coefficient (Wildman–Crippen LogP) is 4.14. The van der Waals surface area contributed by atoms with Gasteiger partial charge in [0.05, 0.1) is 5.56 Å². The monoisotopic (exact) mass is 410 g/mol. The van der Waals surface area contributed by atoms with E-state index in [0.717, 1.165) is 10.8 Å². The highest BCUT2D eigenvalue weighted by Gasteiger charge is 2.19. The van der Waals surface area contributed by atoms with Crippen molar-refractivity contribution in [2.75, 3.05) is 5.32 Å². The van der Waals surface area contributed by atoms with Crippen LogP contribution < -0.4 is 11.1 Å². The fourth-order valence-electron chi connectivity index (χ4n) is 3.38. The van der Waals surface area contributed by atoms with Crippen molar-refractivity contribution in [1.82, 2.24) is 4.98 Å². The number of carbonyl (C=O) groups is 2. The number of nitrogen functional groups attached to an aromatic ring is 1. The van der Waals surface area contributed by atoms with Crippen LogP contribution in [0.5, 0.6) is 0 Å². The number of aromatic nitrogens is 1. The topological polar surface area (TPSA) is 129 Å². The molecule has 0 spiro atoms. The Morgan fingerprint density at radius 1 is 0.903 bits per heavy atom. The Bertz CT molecular complexity index is 1330. The number of carboxylic acid groups (broad SMARTS) is 1. The molecule has 1 aromatic heterocycles. The fraction of sp³-hybridized carbons (Fsp3) is 0. The Balaban J connectivity index is 1.83. The van der Waals surface area contributed by atoms with Gasteiger partial charge in [-0.2, -0.15) is 0 Å². The highest BCUT2D eigenvalue weighted by atomic mass is 16.4. The number of carbonyl (C=O) groups excluding carboxylic acids is 1. The molecule has 0 bridgehead atoms. The third-order valence-corrected chi connectivity index (χ3v) is 4.92. The molecule has 7 heteroatoms. The molecule has 0 aliphatic heterocycles. The van der Waals surface area contributed by atoms with E-state index >= 15 is 0 Å². The van der Waals surface area contributed by atoms with Crippen LogP contribution in [-0.4, -0.2) is 27.8 Å². The van der Waals surface area contributed by atoms with Crippen LogP contribution in [0.1, 0.15) is 26.3 Å². The Morgan fingerprint density at radius 3 is 2.35 bits per heavy atom. The van der Waals surface area contributed by atoms with Gasteiger partial charge < -0.3 is 16.2 Å². The zero-order valence-corrected chi connectivity index (χ0v) is 16.3. The lowest BCUT2D eigenvalue weighted by Gasteiger charge is -2.14. The minimum atomic E-state index is -1.08. The first-order chi connectivity index (χ1) is 14.9. The number of carboxylic acids is 1. The van der Waals surface area contributed by atoms with Crippen LogP contribution in [-0.2, 0) is 0 Å². The number of anilines is 1. The highest BCUT2D eigenvalue weighted by Crippen LogP contribution is 2.31. The molecule has 0 atom stereocenters. The lowest BCUT2D eigenvalue weighted by atomic mass is 9.92. The van der Waals surface area contributed by atoms with Crippen LogP contribution in [0.3, 0.4) is 0 Å². The number of benzene rings is 3. The first-order valence-corrected chi connectivity index (χ1v) is 9.40. The van der Waals surface area contributed by atoms with Gasteiger partial charge in [-0.1, -0.05) is 18.2 Å². The molecule has 7 nitrogen and oxygen atoms in total. The van der Waals surface area contributed by atoms with E-state index < -0.39 is 5.97 Å². The molecular weight excluding hydrogens is 392 g/mol. The van der Waals surface area contributed by atoms with Crippen LogP contribution >= 0.6 is 0 Å². The number of rotatable bonds is 5. The van der Waals surface area contributed by atoms with E-state index in [1.54, 1.807) is 73.1 Å². The number of hydrogen-bond acceptors (Lipinski definition) is 4. The van der Waals surface area contributed by atoms with Gasteiger partial charge in [0.2, 0.25) is 0 Å². The summed E-state index contributed by atoms with van der Waals surface area (Å²) in [4.78, 5) is 29.1. The van der Waals surface area contributed by atoms with Gasteiger partial charge in [0.15, 0.2) is 0 Å². The number of nitrogens with zero attached hydrogens (tertiary/aromatic N) is 1. The molecule has 0 saturated carbocycles. The van der Waals surface area contributed by atoms with E-state index in [9.17, 15) is 14.7 Å². The van der Waals surface area contributed by atoms with Crippen molar-refractivity contribution in [3.63, 3.8) is 0 Å². The van der Waals surface area contributed by atoms with Crippen molar-refractivity contribution in [2.45, 2.75) is 0 Å². The van der Waals surface area contributed by atoms with E-state index in [1.165, 1.54) is 6.07 Å².